The number of likely N-dealkylation sites (tertiary alicyclic amines) is 1. The van der Waals surface area contributed by atoms with E-state index in [1.165, 1.54) is 4.90 Å². The largest absolute Gasteiger partial charge is 0.480 e. The number of hydrogen-bond acceptors (Lipinski definition) is 4. The zero-order valence-electron chi connectivity index (χ0n) is 16.9. The lowest BCUT2D eigenvalue weighted by atomic mass is 9.82. The number of nitrogens with one attached hydrogen (secondary N) is 1. The van der Waals surface area contributed by atoms with E-state index in [0.29, 0.717) is 0 Å². The molecule has 0 radical (unpaired) electrons. The van der Waals surface area contributed by atoms with Crippen LogP contribution in [0.1, 0.15) is 25.8 Å². The standard InChI is InChI=1S/C23H24N2O5/c1-23(2)12-18(26)20(21(29)24-13-19(27)28)22(30)25(23)14-15-8-10-17(11-9-15)16-6-4-3-5-7-16/h3-11,20H,12-14H2,1-2H3,(H,24,29)(H,27,28). The molecule has 7 nitrogen and oxygen atoms in total. The smallest absolute Gasteiger partial charge is 0.322 e. The fourth-order valence-electron chi connectivity index (χ4n) is 3.65. The number of hydrogen-bond donors (Lipinski definition) is 2. The number of nitrogens with zero attached hydrogens (tertiary/aromatic N) is 1. The molecule has 1 aliphatic rings. The minimum Gasteiger partial charge on any atom is -0.480 e. The number of carboxylic acid groups (broad SMARTS) is 1. The SMILES string of the molecule is CC1(C)CC(=O)C(C(=O)NCC(=O)O)C(=O)N1Cc1ccc(-c2ccccc2)cc1. The van der Waals surface area contributed by atoms with Crippen molar-refractivity contribution in [3.05, 3.63) is 60.2 Å². The Morgan fingerprint density at radius 2 is 1.63 bits per heavy atom. The maximum atomic E-state index is 13.0. The van der Waals surface area contributed by atoms with Crippen molar-refractivity contribution in [2.24, 2.45) is 5.92 Å². The van der Waals surface area contributed by atoms with E-state index >= 15 is 0 Å². The fraction of sp³-hybridized carbons (Fsp3) is 0.304. The molecule has 2 amide bonds. The predicted octanol–water partition coefficient (Wildman–Crippen LogP) is 2.25. The van der Waals surface area contributed by atoms with Crippen LogP contribution in [0, 0.1) is 5.92 Å². The van der Waals surface area contributed by atoms with Crippen LogP contribution in [0.2, 0.25) is 0 Å². The lowest BCUT2D eigenvalue weighted by Gasteiger charge is -2.44. The van der Waals surface area contributed by atoms with Crippen LogP contribution in [-0.4, -0.2) is 45.7 Å². The van der Waals surface area contributed by atoms with E-state index in [1.54, 1.807) is 13.8 Å². The molecule has 7 heteroatoms. The van der Waals surface area contributed by atoms with Crippen molar-refractivity contribution in [3.8, 4) is 11.1 Å². The first-order valence-corrected chi connectivity index (χ1v) is 9.67. The van der Waals surface area contributed by atoms with Crippen molar-refractivity contribution in [3.63, 3.8) is 0 Å². The van der Waals surface area contributed by atoms with E-state index in [2.05, 4.69) is 5.32 Å². The van der Waals surface area contributed by atoms with E-state index < -0.39 is 41.6 Å². The zero-order valence-corrected chi connectivity index (χ0v) is 16.9. The minimum absolute atomic E-state index is 0.0198. The van der Waals surface area contributed by atoms with Crippen molar-refractivity contribution in [2.75, 3.05) is 6.54 Å². The lowest BCUT2D eigenvalue weighted by Crippen LogP contribution is -2.60. The highest BCUT2D eigenvalue weighted by molar-refractivity contribution is 6.20. The first-order chi connectivity index (χ1) is 14.2. The Balaban J connectivity index is 1.79. The quantitative estimate of drug-likeness (QED) is 0.714. The Kier molecular flexibility index (Phi) is 6.01. The lowest BCUT2D eigenvalue weighted by molar-refractivity contribution is -0.158. The number of aliphatic carboxylic acids is 1. The van der Waals surface area contributed by atoms with E-state index in [0.717, 1.165) is 16.7 Å². The van der Waals surface area contributed by atoms with Gasteiger partial charge in [0, 0.05) is 18.5 Å². The van der Waals surface area contributed by atoms with E-state index in [1.807, 2.05) is 54.6 Å². The average molecular weight is 408 g/mol. The molecule has 2 aromatic carbocycles. The van der Waals surface area contributed by atoms with Gasteiger partial charge in [-0.3, -0.25) is 19.2 Å². The van der Waals surface area contributed by atoms with Gasteiger partial charge >= 0.3 is 5.97 Å². The zero-order chi connectivity index (χ0) is 21.9. The highest BCUT2D eigenvalue weighted by atomic mass is 16.4. The molecule has 1 atom stereocenters. The Labute approximate surface area is 174 Å². The van der Waals surface area contributed by atoms with Crippen molar-refractivity contribution >= 4 is 23.6 Å². The van der Waals surface area contributed by atoms with Gasteiger partial charge in [0.2, 0.25) is 11.8 Å². The molecule has 1 aliphatic heterocycles. The maximum Gasteiger partial charge on any atom is 0.322 e. The number of Topliss-reactive ketones (excluding diaryl/α,β-unsaturated/α-hetero) is 1. The number of carbonyl (C=O) groups excluding carboxylic acids is 3. The summed E-state index contributed by atoms with van der Waals surface area (Å²) < 4.78 is 0. The molecule has 156 valence electrons. The molecule has 1 saturated heterocycles. The summed E-state index contributed by atoms with van der Waals surface area (Å²) in [6.07, 6.45) is 0.0198. The van der Waals surface area contributed by atoms with E-state index in [4.69, 9.17) is 5.11 Å². The Morgan fingerprint density at radius 1 is 1.03 bits per heavy atom. The van der Waals surface area contributed by atoms with Crippen LogP contribution in [0.3, 0.4) is 0 Å². The first kappa shape index (κ1) is 21.2. The molecule has 2 aromatic rings. The number of benzene rings is 2. The molecule has 0 saturated carbocycles. The van der Waals surface area contributed by atoms with Gasteiger partial charge in [-0.2, -0.15) is 0 Å². The molecule has 3 rings (SSSR count). The predicted molar refractivity (Wildman–Crippen MR) is 110 cm³/mol. The van der Waals surface area contributed by atoms with Gasteiger partial charge in [0.25, 0.3) is 0 Å². The summed E-state index contributed by atoms with van der Waals surface area (Å²) in [6, 6.07) is 17.7. The van der Waals surface area contributed by atoms with Crippen molar-refractivity contribution in [1.29, 1.82) is 0 Å². The van der Waals surface area contributed by atoms with Gasteiger partial charge in [-0.15, -0.1) is 0 Å². The van der Waals surface area contributed by atoms with Crippen LogP contribution in [0.4, 0.5) is 0 Å². The van der Waals surface area contributed by atoms with Gasteiger partial charge in [-0.05, 0) is 30.5 Å². The van der Waals surface area contributed by atoms with Gasteiger partial charge in [0.1, 0.15) is 6.54 Å². The minimum atomic E-state index is -1.51. The van der Waals surface area contributed by atoms with Crippen LogP contribution in [-0.2, 0) is 25.7 Å². The second-order valence-corrected chi connectivity index (χ2v) is 7.99. The van der Waals surface area contributed by atoms with Crippen molar-refractivity contribution in [1.82, 2.24) is 10.2 Å². The molecule has 1 fully saturated rings. The Hall–Kier alpha value is -3.48. The summed E-state index contributed by atoms with van der Waals surface area (Å²) in [5, 5.41) is 10.9. The monoisotopic (exact) mass is 408 g/mol. The third-order valence-electron chi connectivity index (χ3n) is 5.25. The number of carbonyl (C=O) groups is 4. The van der Waals surface area contributed by atoms with Crippen LogP contribution in [0.25, 0.3) is 11.1 Å². The molecule has 1 heterocycles. The summed E-state index contributed by atoms with van der Waals surface area (Å²) >= 11 is 0. The third-order valence-corrected chi connectivity index (χ3v) is 5.25. The number of rotatable bonds is 6. The Morgan fingerprint density at radius 3 is 2.23 bits per heavy atom. The normalized spacial score (nSPS) is 18.2. The van der Waals surface area contributed by atoms with Crippen molar-refractivity contribution in [2.45, 2.75) is 32.4 Å². The summed E-state index contributed by atoms with van der Waals surface area (Å²) in [5.74, 6) is -4.72. The second kappa shape index (κ2) is 8.49. The van der Waals surface area contributed by atoms with Crippen molar-refractivity contribution < 1.29 is 24.3 Å². The van der Waals surface area contributed by atoms with Crippen LogP contribution in [0.5, 0.6) is 0 Å². The third kappa shape index (κ3) is 4.56. The summed E-state index contributed by atoms with van der Waals surface area (Å²) in [6.45, 7) is 3.18. The first-order valence-electron chi connectivity index (χ1n) is 9.67. The van der Waals surface area contributed by atoms with Crippen LogP contribution >= 0.6 is 0 Å². The van der Waals surface area contributed by atoms with Crippen LogP contribution < -0.4 is 5.32 Å². The second-order valence-electron chi connectivity index (χ2n) is 7.99. The highest BCUT2D eigenvalue weighted by Crippen LogP contribution is 2.31. The average Bonchev–Trinajstić information content (AvgIpc) is 2.70. The number of amides is 2. The van der Waals surface area contributed by atoms with Gasteiger partial charge in [-0.1, -0.05) is 54.6 Å². The molecule has 1 unspecified atom stereocenters. The molecule has 0 spiro atoms. The molecule has 0 aromatic heterocycles. The van der Waals surface area contributed by atoms with Gasteiger partial charge < -0.3 is 15.3 Å². The van der Waals surface area contributed by atoms with Gasteiger partial charge in [0.05, 0.1) is 0 Å². The molecule has 30 heavy (non-hydrogen) atoms. The highest BCUT2D eigenvalue weighted by Gasteiger charge is 2.48. The number of carboxylic acids is 1. The van der Waals surface area contributed by atoms with E-state index in [9.17, 15) is 19.2 Å². The maximum absolute atomic E-state index is 13.0. The molecule has 0 bridgehead atoms. The molecule has 2 N–H and O–H groups in total. The summed E-state index contributed by atoms with van der Waals surface area (Å²) in [7, 11) is 0. The molecular weight excluding hydrogens is 384 g/mol. The van der Waals surface area contributed by atoms with Gasteiger partial charge in [0.15, 0.2) is 11.7 Å². The number of piperidine rings is 1. The topological polar surface area (TPSA) is 104 Å². The summed E-state index contributed by atoms with van der Waals surface area (Å²) in [5.41, 5.74) is 2.24. The molecular formula is C23H24N2O5. The Bertz CT molecular complexity index is 967. The van der Waals surface area contributed by atoms with Gasteiger partial charge in [-0.25, -0.2) is 0 Å². The van der Waals surface area contributed by atoms with Crippen LogP contribution in [0.15, 0.2) is 54.6 Å². The fourth-order valence-corrected chi connectivity index (χ4v) is 3.65. The molecule has 0 aliphatic carbocycles. The number of ketones is 1. The van der Waals surface area contributed by atoms with E-state index in [-0.39, 0.29) is 13.0 Å². The summed E-state index contributed by atoms with van der Waals surface area (Å²) in [4.78, 5) is 50.0.